The lowest BCUT2D eigenvalue weighted by atomic mass is 10.0. The summed E-state index contributed by atoms with van der Waals surface area (Å²) in [7, 11) is -4.61. The van der Waals surface area contributed by atoms with E-state index in [-0.39, 0.29) is 22.5 Å². The quantitative estimate of drug-likeness (QED) is 0.342. The molecule has 0 heterocycles. The second-order valence-corrected chi connectivity index (χ2v) is 7.85. The minimum atomic E-state index is -4.61. The Hall–Kier alpha value is -2.97. The van der Waals surface area contributed by atoms with E-state index in [9.17, 15) is 18.1 Å². The van der Waals surface area contributed by atoms with Crippen molar-refractivity contribution < 1.29 is 18.1 Å². The van der Waals surface area contributed by atoms with Crippen molar-refractivity contribution in [2.45, 2.75) is 25.7 Å². The first-order chi connectivity index (χ1) is 12.6. The van der Waals surface area contributed by atoms with Crippen LogP contribution < -0.4 is 5.73 Å². The summed E-state index contributed by atoms with van der Waals surface area (Å²) in [5, 5.41) is 18.9. The molecule has 0 radical (unpaired) electrons. The van der Waals surface area contributed by atoms with Crippen molar-refractivity contribution in [2.75, 3.05) is 5.73 Å². The molecular weight excluding hydrogens is 366 g/mol. The van der Waals surface area contributed by atoms with Gasteiger partial charge in [-0.3, -0.25) is 4.55 Å². The zero-order valence-corrected chi connectivity index (χ0v) is 15.9. The molecule has 0 saturated heterocycles. The molecule has 3 rings (SSSR count). The first-order valence-corrected chi connectivity index (χ1v) is 9.54. The van der Waals surface area contributed by atoms with Gasteiger partial charge in [0.25, 0.3) is 10.1 Å². The molecule has 0 aliphatic carbocycles. The van der Waals surface area contributed by atoms with Gasteiger partial charge in [-0.1, -0.05) is 12.1 Å². The second kappa shape index (κ2) is 6.64. The zero-order valence-electron chi connectivity index (χ0n) is 15.1. The lowest BCUT2D eigenvalue weighted by Gasteiger charge is -2.12. The van der Waals surface area contributed by atoms with Crippen LogP contribution in [0.5, 0.6) is 5.75 Å². The number of azo groups is 1. The number of aromatic hydroxyl groups is 1. The smallest absolute Gasteiger partial charge is 0.296 e. The van der Waals surface area contributed by atoms with Gasteiger partial charge >= 0.3 is 0 Å². The molecule has 0 aliphatic rings. The van der Waals surface area contributed by atoms with Crippen LogP contribution in [-0.2, 0) is 10.1 Å². The Morgan fingerprint density at radius 1 is 0.963 bits per heavy atom. The first kappa shape index (κ1) is 18.8. The van der Waals surface area contributed by atoms with Gasteiger partial charge in [0.05, 0.1) is 11.4 Å². The summed E-state index contributed by atoms with van der Waals surface area (Å²) in [6.07, 6.45) is 0. The zero-order chi connectivity index (χ0) is 19.9. The Bertz CT molecular complexity index is 1200. The predicted molar refractivity (Wildman–Crippen MR) is 105 cm³/mol. The highest BCUT2D eigenvalue weighted by atomic mass is 32.2. The molecule has 0 aromatic heterocycles. The molecule has 8 heteroatoms. The number of fused-ring (bicyclic) bond motifs is 1. The molecule has 7 nitrogen and oxygen atoms in total. The van der Waals surface area contributed by atoms with Gasteiger partial charge in [0.1, 0.15) is 16.3 Å². The number of rotatable bonds is 3. The molecule has 3 aromatic carbocycles. The van der Waals surface area contributed by atoms with E-state index in [2.05, 4.69) is 10.2 Å². The number of hydrogen-bond acceptors (Lipinski definition) is 6. The minimum Gasteiger partial charge on any atom is -0.507 e. The van der Waals surface area contributed by atoms with E-state index in [1.54, 1.807) is 25.1 Å². The van der Waals surface area contributed by atoms with Crippen molar-refractivity contribution in [3.05, 3.63) is 53.1 Å². The molecule has 0 aliphatic heterocycles. The molecule has 140 valence electrons. The average Bonchev–Trinajstić information content (AvgIpc) is 2.55. The largest absolute Gasteiger partial charge is 0.507 e. The SMILES string of the molecule is Cc1cc(O)c2c(N)c(N=Nc3ccc(C)c(C)c3)c(S(=O)(=O)O)cc2c1. The molecule has 0 fully saturated rings. The molecular formula is C19H19N3O4S. The second-order valence-electron chi connectivity index (χ2n) is 6.46. The maximum Gasteiger partial charge on any atom is 0.296 e. The Balaban J connectivity index is 2.28. The maximum atomic E-state index is 11.9. The molecule has 0 unspecified atom stereocenters. The van der Waals surface area contributed by atoms with Crippen LogP contribution >= 0.6 is 0 Å². The van der Waals surface area contributed by atoms with E-state index in [1.807, 2.05) is 19.9 Å². The highest BCUT2D eigenvalue weighted by Crippen LogP contribution is 2.42. The van der Waals surface area contributed by atoms with Crippen LogP contribution in [-0.4, -0.2) is 18.1 Å². The number of aryl methyl sites for hydroxylation is 3. The van der Waals surface area contributed by atoms with Gasteiger partial charge in [-0.25, -0.2) is 0 Å². The van der Waals surface area contributed by atoms with Crippen LogP contribution in [0.1, 0.15) is 16.7 Å². The van der Waals surface area contributed by atoms with Gasteiger partial charge in [0.2, 0.25) is 0 Å². The Labute approximate surface area is 156 Å². The Morgan fingerprint density at radius 2 is 1.67 bits per heavy atom. The van der Waals surface area contributed by atoms with Gasteiger partial charge in [-0.15, -0.1) is 5.11 Å². The first-order valence-electron chi connectivity index (χ1n) is 8.10. The van der Waals surface area contributed by atoms with Crippen LogP contribution in [0.3, 0.4) is 0 Å². The van der Waals surface area contributed by atoms with E-state index in [0.29, 0.717) is 16.6 Å². The van der Waals surface area contributed by atoms with E-state index in [0.717, 1.165) is 11.1 Å². The van der Waals surface area contributed by atoms with Crippen molar-refractivity contribution in [2.24, 2.45) is 10.2 Å². The fourth-order valence-corrected chi connectivity index (χ4v) is 3.53. The standard InChI is InChI=1S/C19H19N3O4S/c1-10-6-13-9-16(27(24,25)26)19(18(20)17(13)15(23)7-10)22-21-14-5-4-11(2)12(3)8-14/h4-9,23H,20H2,1-3H3,(H,24,25,26). The van der Waals surface area contributed by atoms with Gasteiger partial charge in [0.15, 0.2) is 0 Å². The highest BCUT2D eigenvalue weighted by Gasteiger charge is 2.22. The molecule has 0 saturated carbocycles. The molecule has 27 heavy (non-hydrogen) atoms. The minimum absolute atomic E-state index is 0.0785. The van der Waals surface area contributed by atoms with E-state index >= 15 is 0 Å². The predicted octanol–water partition coefficient (Wildman–Crippen LogP) is 4.71. The lowest BCUT2D eigenvalue weighted by molar-refractivity contribution is 0.480. The van der Waals surface area contributed by atoms with Gasteiger partial charge in [0, 0.05) is 5.39 Å². The van der Waals surface area contributed by atoms with Crippen LogP contribution in [0.15, 0.2) is 51.5 Å². The molecule has 4 N–H and O–H groups in total. The number of phenolic OH excluding ortho intramolecular Hbond substituents is 1. The number of nitrogens with two attached hydrogens (primary N) is 1. The summed E-state index contributed by atoms with van der Waals surface area (Å²) in [4.78, 5) is -0.468. The number of nitrogens with zero attached hydrogens (tertiary/aromatic N) is 2. The van der Waals surface area contributed by atoms with E-state index < -0.39 is 15.0 Å². The Kier molecular flexibility index (Phi) is 4.63. The summed E-state index contributed by atoms with van der Waals surface area (Å²) < 4.78 is 33.4. The molecule has 0 amide bonds. The van der Waals surface area contributed by atoms with E-state index in [4.69, 9.17) is 5.73 Å². The summed E-state index contributed by atoms with van der Waals surface area (Å²) in [6.45, 7) is 5.62. The molecule has 0 atom stereocenters. The number of benzene rings is 3. The van der Waals surface area contributed by atoms with Gasteiger partial charge in [-0.2, -0.15) is 13.5 Å². The molecule has 3 aromatic rings. The topological polar surface area (TPSA) is 125 Å². The van der Waals surface area contributed by atoms with Crippen LogP contribution in [0.2, 0.25) is 0 Å². The summed E-state index contributed by atoms with van der Waals surface area (Å²) in [5.41, 5.74) is 9.10. The summed E-state index contributed by atoms with van der Waals surface area (Å²) >= 11 is 0. The number of phenols is 1. The van der Waals surface area contributed by atoms with Crippen molar-refractivity contribution in [3.8, 4) is 5.75 Å². The average molecular weight is 385 g/mol. The third kappa shape index (κ3) is 3.62. The Morgan fingerprint density at radius 3 is 2.30 bits per heavy atom. The van der Waals surface area contributed by atoms with Crippen molar-refractivity contribution in [1.82, 2.24) is 0 Å². The van der Waals surface area contributed by atoms with Crippen LogP contribution in [0, 0.1) is 20.8 Å². The van der Waals surface area contributed by atoms with Gasteiger partial charge in [-0.05, 0) is 67.1 Å². The van der Waals surface area contributed by atoms with Gasteiger partial charge < -0.3 is 10.8 Å². The lowest BCUT2D eigenvalue weighted by Crippen LogP contribution is -2.01. The summed E-state index contributed by atoms with van der Waals surface area (Å²) in [6, 6.07) is 9.79. The van der Waals surface area contributed by atoms with Crippen molar-refractivity contribution in [3.63, 3.8) is 0 Å². The third-order valence-corrected chi connectivity index (χ3v) is 5.24. The third-order valence-electron chi connectivity index (χ3n) is 4.37. The fourth-order valence-electron chi connectivity index (χ4n) is 2.86. The molecule has 0 spiro atoms. The van der Waals surface area contributed by atoms with E-state index in [1.165, 1.54) is 12.1 Å². The highest BCUT2D eigenvalue weighted by molar-refractivity contribution is 7.86. The normalized spacial score (nSPS) is 12.1. The monoisotopic (exact) mass is 385 g/mol. The van der Waals surface area contributed by atoms with Crippen LogP contribution in [0.25, 0.3) is 10.8 Å². The number of hydrogen-bond donors (Lipinski definition) is 3. The van der Waals surface area contributed by atoms with Crippen LogP contribution in [0.4, 0.5) is 17.1 Å². The number of nitrogen functional groups attached to an aromatic ring is 1. The van der Waals surface area contributed by atoms with Crippen molar-refractivity contribution >= 4 is 38.0 Å². The maximum absolute atomic E-state index is 11.9. The molecule has 0 bridgehead atoms. The fraction of sp³-hybridized carbons (Fsp3) is 0.158. The summed E-state index contributed by atoms with van der Waals surface area (Å²) in [5.74, 6) is -0.105. The van der Waals surface area contributed by atoms with Crippen molar-refractivity contribution in [1.29, 1.82) is 0 Å². The number of anilines is 1.